The summed E-state index contributed by atoms with van der Waals surface area (Å²) < 4.78 is 9.54. The fourth-order valence-electron chi connectivity index (χ4n) is 1.60. The van der Waals surface area contributed by atoms with Crippen molar-refractivity contribution in [2.75, 3.05) is 20.3 Å². The lowest BCUT2D eigenvalue weighted by Crippen LogP contribution is -2.48. The van der Waals surface area contributed by atoms with Gasteiger partial charge in [-0.2, -0.15) is 0 Å². The zero-order chi connectivity index (χ0) is 11.3. The maximum absolute atomic E-state index is 10.9. The van der Waals surface area contributed by atoms with Crippen molar-refractivity contribution < 1.29 is 24.2 Å². The van der Waals surface area contributed by atoms with E-state index in [0.717, 1.165) is 12.8 Å². The van der Waals surface area contributed by atoms with Crippen LogP contribution in [0.5, 0.6) is 0 Å². The van der Waals surface area contributed by atoms with Crippen LogP contribution in [-0.4, -0.2) is 43.5 Å². The summed E-state index contributed by atoms with van der Waals surface area (Å²) in [5, 5.41) is 11.2. The van der Waals surface area contributed by atoms with E-state index in [9.17, 15) is 9.59 Å². The van der Waals surface area contributed by atoms with Crippen LogP contribution in [0, 0.1) is 5.92 Å². The predicted molar refractivity (Wildman–Crippen MR) is 50.5 cm³/mol. The van der Waals surface area contributed by atoms with E-state index >= 15 is 0 Å². The zero-order valence-electron chi connectivity index (χ0n) is 8.56. The lowest BCUT2D eigenvalue weighted by molar-refractivity contribution is -0.142. The average molecular weight is 217 g/mol. The number of alkyl carbamates (subject to hydrolysis) is 1. The van der Waals surface area contributed by atoms with Crippen LogP contribution in [0.25, 0.3) is 0 Å². The Balaban J connectivity index is 2.55. The maximum atomic E-state index is 10.9. The molecule has 0 aromatic rings. The van der Waals surface area contributed by atoms with Crippen LogP contribution in [0.3, 0.4) is 0 Å². The fraction of sp³-hybridized carbons (Fsp3) is 0.778. The minimum Gasteiger partial charge on any atom is -0.480 e. The molecule has 6 heteroatoms. The Labute approximate surface area is 87.5 Å². The third-order valence-corrected chi connectivity index (χ3v) is 2.39. The Kier molecular flexibility index (Phi) is 4.36. The van der Waals surface area contributed by atoms with Crippen LogP contribution in [0.15, 0.2) is 0 Å². The van der Waals surface area contributed by atoms with Crippen LogP contribution in [0.1, 0.15) is 12.8 Å². The first-order valence-corrected chi connectivity index (χ1v) is 4.80. The lowest BCUT2D eigenvalue weighted by atomic mass is 9.94. The molecular formula is C9H15NO5. The Bertz CT molecular complexity index is 237. The number of rotatable bonds is 3. The van der Waals surface area contributed by atoms with Crippen molar-refractivity contribution in [3.05, 3.63) is 0 Å². The minimum absolute atomic E-state index is 0.185. The summed E-state index contributed by atoms with van der Waals surface area (Å²) in [5.41, 5.74) is 0. The van der Waals surface area contributed by atoms with Gasteiger partial charge in [0.15, 0.2) is 0 Å². The van der Waals surface area contributed by atoms with Gasteiger partial charge in [0.2, 0.25) is 0 Å². The van der Waals surface area contributed by atoms with Crippen molar-refractivity contribution in [2.24, 2.45) is 5.92 Å². The largest absolute Gasteiger partial charge is 0.480 e. The van der Waals surface area contributed by atoms with E-state index in [4.69, 9.17) is 9.84 Å². The zero-order valence-corrected chi connectivity index (χ0v) is 8.56. The first-order valence-electron chi connectivity index (χ1n) is 4.80. The molecule has 2 N–H and O–H groups in total. The number of hydrogen-bond acceptors (Lipinski definition) is 4. The van der Waals surface area contributed by atoms with Gasteiger partial charge in [-0.25, -0.2) is 9.59 Å². The van der Waals surface area contributed by atoms with E-state index in [-0.39, 0.29) is 5.92 Å². The van der Waals surface area contributed by atoms with Crippen LogP contribution in [0.4, 0.5) is 4.79 Å². The third kappa shape index (κ3) is 3.39. The van der Waals surface area contributed by atoms with E-state index in [2.05, 4.69) is 10.1 Å². The van der Waals surface area contributed by atoms with Gasteiger partial charge in [0.1, 0.15) is 6.04 Å². The van der Waals surface area contributed by atoms with Gasteiger partial charge in [0.05, 0.1) is 13.7 Å². The summed E-state index contributed by atoms with van der Waals surface area (Å²) in [7, 11) is 1.20. The Morgan fingerprint density at radius 3 is 2.80 bits per heavy atom. The summed E-state index contributed by atoms with van der Waals surface area (Å²) in [5.74, 6) is -1.24. The van der Waals surface area contributed by atoms with Gasteiger partial charge in [0.25, 0.3) is 0 Å². The molecule has 1 aliphatic rings. The van der Waals surface area contributed by atoms with Crippen LogP contribution < -0.4 is 5.32 Å². The lowest BCUT2D eigenvalue weighted by Gasteiger charge is -2.27. The molecule has 1 saturated heterocycles. The number of aliphatic carboxylic acids is 1. The summed E-state index contributed by atoms with van der Waals surface area (Å²) in [6.45, 7) is 1.02. The summed E-state index contributed by atoms with van der Waals surface area (Å²) in [6, 6.07) is -0.933. The van der Waals surface area contributed by atoms with Gasteiger partial charge >= 0.3 is 12.1 Å². The number of nitrogens with one attached hydrogen (secondary N) is 1. The molecule has 0 aliphatic carbocycles. The van der Waals surface area contributed by atoms with Gasteiger partial charge in [-0.3, -0.25) is 0 Å². The molecule has 0 spiro atoms. The molecule has 1 heterocycles. The molecule has 1 amide bonds. The van der Waals surface area contributed by atoms with Crippen LogP contribution >= 0.6 is 0 Å². The number of ether oxygens (including phenoxy) is 2. The van der Waals surface area contributed by atoms with Crippen molar-refractivity contribution in [3.8, 4) is 0 Å². The van der Waals surface area contributed by atoms with Crippen molar-refractivity contribution in [1.82, 2.24) is 5.32 Å². The second-order valence-electron chi connectivity index (χ2n) is 3.43. The number of methoxy groups -OCH3 is 1. The highest BCUT2D eigenvalue weighted by Gasteiger charge is 2.31. The van der Waals surface area contributed by atoms with Gasteiger partial charge in [-0.1, -0.05) is 0 Å². The van der Waals surface area contributed by atoms with Crippen molar-refractivity contribution >= 4 is 12.1 Å². The van der Waals surface area contributed by atoms with Gasteiger partial charge in [-0.05, 0) is 12.8 Å². The van der Waals surface area contributed by atoms with E-state index in [1.165, 1.54) is 7.11 Å². The van der Waals surface area contributed by atoms with E-state index in [1.54, 1.807) is 0 Å². The molecule has 1 rings (SSSR count). The van der Waals surface area contributed by atoms with Crippen molar-refractivity contribution in [2.45, 2.75) is 18.9 Å². The van der Waals surface area contributed by atoms with Gasteiger partial charge in [-0.15, -0.1) is 0 Å². The molecule has 1 fully saturated rings. The van der Waals surface area contributed by atoms with E-state index in [0.29, 0.717) is 13.2 Å². The van der Waals surface area contributed by atoms with E-state index in [1.807, 2.05) is 0 Å². The number of carbonyl (C=O) groups excluding carboxylic acids is 1. The van der Waals surface area contributed by atoms with Crippen molar-refractivity contribution in [3.63, 3.8) is 0 Å². The highest BCUT2D eigenvalue weighted by Crippen LogP contribution is 2.17. The normalized spacial score (nSPS) is 22.9. The SMILES string of the molecule is COC(=O)N[C@@H](C(=O)O)[C@H]1CCCOC1. The molecule has 0 bridgehead atoms. The Hall–Kier alpha value is -1.30. The highest BCUT2D eigenvalue weighted by molar-refractivity contribution is 5.80. The molecule has 15 heavy (non-hydrogen) atoms. The molecule has 0 saturated carbocycles. The smallest absolute Gasteiger partial charge is 0.407 e. The first kappa shape index (κ1) is 11.8. The second kappa shape index (κ2) is 5.55. The Morgan fingerprint density at radius 2 is 2.33 bits per heavy atom. The predicted octanol–water partition coefficient (Wildman–Crippen LogP) is 0.222. The number of hydrogen-bond donors (Lipinski definition) is 2. The minimum atomic E-state index is -1.06. The molecule has 86 valence electrons. The molecule has 1 aliphatic heterocycles. The molecule has 2 atom stereocenters. The second-order valence-corrected chi connectivity index (χ2v) is 3.43. The Morgan fingerprint density at radius 1 is 1.60 bits per heavy atom. The highest BCUT2D eigenvalue weighted by atomic mass is 16.5. The molecule has 0 unspecified atom stereocenters. The fourth-order valence-corrected chi connectivity index (χ4v) is 1.60. The standard InChI is InChI=1S/C9H15NO5/c1-14-9(13)10-7(8(11)12)6-3-2-4-15-5-6/h6-7H,2-5H2,1H3,(H,10,13)(H,11,12)/t6-,7+/m0/s1. The molecule has 0 aromatic heterocycles. The summed E-state index contributed by atoms with van der Waals surface area (Å²) in [4.78, 5) is 21.9. The molecule has 6 nitrogen and oxygen atoms in total. The molecular weight excluding hydrogens is 202 g/mol. The molecule has 0 aromatic carbocycles. The monoisotopic (exact) mass is 217 g/mol. The third-order valence-electron chi connectivity index (χ3n) is 2.39. The topological polar surface area (TPSA) is 84.9 Å². The van der Waals surface area contributed by atoms with Crippen LogP contribution in [-0.2, 0) is 14.3 Å². The number of carboxylic acid groups (broad SMARTS) is 1. The first-order chi connectivity index (χ1) is 7.15. The maximum Gasteiger partial charge on any atom is 0.407 e. The average Bonchev–Trinajstić information content (AvgIpc) is 2.26. The summed E-state index contributed by atoms with van der Waals surface area (Å²) in [6.07, 6.45) is 0.825. The number of carboxylic acids is 1. The number of amides is 1. The summed E-state index contributed by atoms with van der Waals surface area (Å²) >= 11 is 0. The van der Waals surface area contributed by atoms with Crippen molar-refractivity contribution in [1.29, 1.82) is 0 Å². The molecule has 0 radical (unpaired) electrons. The quantitative estimate of drug-likeness (QED) is 0.706. The van der Waals surface area contributed by atoms with Gasteiger partial charge in [0, 0.05) is 12.5 Å². The van der Waals surface area contributed by atoms with Gasteiger partial charge < -0.3 is 19.9 Å². The van der Waals surface area contributed by atoms with Crippen LogP contribution in [0.2, 0.25) is 0 Å². The number of carbonyl (C=O) groups is 2. The van der Waals surface area contributed by atoms with E-state index < -0.39 is 18.1 Å².